The van der Waals surface area contributed by atoms with Gasteiger partial charge in [0.05, 0.1) is 12.6 Å². The van der Waals surface area contributed by atoms with Crippen LogP contribution in [-0.2, 0) is 11.3 Å². The third-order valence-corrected chi connectivity index (χ3v) is 5.55. The minimum Gasteiger partial charge on any atom is -0.356 e. The third kappa shape index (κ3) is 3.91. The highest BCUT2D eigenvalue weighted by Gasteiger charge is 2.26. The topological polar surface area (TPSA) is 90.0 Å². The Kier molecular flexibility index (Phi) is 5.00. The van der Waals surface area contributed by atoms with Crippen LogP contribution in [0.5, 0.6) is 0 Å². The molecule has 9 heteroatoms. The van der Waals surface area contributed by atoms with Crippen molar-refractivity contribution in [3.63, 3.8) is 0 Å². The molecule has 3 heterocycles. The molecule has 138 valence electrons. The van der Waals surface area contributed by atoms with Crippen molar-refractivity contribution in [1.29, 1.82) is 0 Å². The van der Waals surface area contributed by atoms with E-state index in [1.165, 1.54) is 24.0 Å². The first-order chi connectivity index (χ1) is 13.1. The molecule has 0 radical (unpaired) electrons. The molecule has 0 saturated carbocycles. The number of nitrogens with zero attached hydrogens (tertiary/aromatic N) is 3. The molecule has 0 saturated heterocycles. The first kappa shape index (κ1) is 17.8. The van der Waals surface area contributed by atoms with E-state index in [1.807, 2.05) is 12.1 Å². The summed E-state index contributed by atoms with van der Waals surface area (Å²) in [5.41, 5.74) is 1.34. The number of hydrogen-bond donors (Lipinski definition) is 1. The molecule has 1 aromatic carbocycles. The Morgan fingerprint density at radius 3 is 2.96 bits per heavy atom. The van der Waals surface area contributed by atoms with Crippen molar-refractivity contribution in [2.24, 2.45) is 0 Å². The van der Waals surface area contributed by atoms with Crippen molar-refractivity contribution in [2.75, 3.05) is 5.75 Å². The fourth-order valence-electron chi connectivity index (χ4n) is 2.86. The van der Waals surface area contributed by atoms with Gasteiger partial charge in [-0.15, -0.1) is 0 Å². The maximum absolute atomic E-state index is 12.3. The minimum atomic E-state index is -0.187. The van der Waals surface area contributed by atoms with E-state index in [1.54, 1.807) is 22.8 Å². The van der Waals surface area contributed by atoms with Gasteiger partial charge in [-0.2, -0.15) is 0 Å². The number of nitrogens with one attached hydrogen (secondary N) is 1. The predicted octanol–water partition coefficient (Wildman–Crippen LogP) is 2.91. The Hall–Kier alpha value is -2.58. The number of carbonyl (C=O) groups excluding carboxylic acids is 1. The highest BCUT2D eigenvalue weighted by atomic mass is 35.5. The summed E-state index contributed by atoms with van der Waals surface area (Å²) in [5, 5.41) is 8.10. The van der Waals surface area contributed by atoms with E-state index < -0.39 is 0 Å². The van der Waals surface area contributed by atoms with Crippen LogP contribution in [0.15, 0.2) is 57.1 Å². The molecule has 1 aliphatic heterocycles. The number of carbonyl (C=O) groups is 1. The maximum atomic E-state index is 12.3. The van der Waals surface area contributed by atoms with E-state index in [0.717, 1.165) is 5.56 Å². The average Bonchev–Trinajstić information content (AvgIpc) is 3.29. The van der Waals surface area contributed by atoms with Crippen LogP contribution in [0.1, 0.15) is 18.2 Å². The van der Waals surface area contributed by atoms with Gasteiger partial charge in [0.2, 0.25) is 5.91 Å². The lowest BCUT2D eigenvalue weighted by Gasteiger charge is -2.12. The van der Waals surface area contributed by atoms with Gasteiger partial charge in [-0.25, -0.2) is 4.98 Å². The van der Waals surface area contributed by atoms with Crippen LogP contribution in [0.4, 0.5) is 0 Å². The standard InChI is InChI=1S/C18H15ClN4O3S/c19-12-3-1-11(2-4-12)15-7-13(22-26-15)9-21-16(24)8-14-10-27-18-20-6-5-17(25)23(14)18/h1-7,14H,8-10H2,(H,21,24). The Labute approximate surface area is 163 Å². The van der Waals surface area contributed by atoms with Gasteiger partial charge in [0, 0.05) is 41.1 Å². The number of thioether (sulfide) groups is 1. The summed E-state index contributed by atoms with van der Waals surface area (Å²) in [4.78, 5) is 28.4. The van der Waals surface area contributed by atoms with Gasteiger partial charge in [-0.05, 0) is 24.3 Å². The van der Waals surface area contributed by atoms with E-state index in [0.29, 0.717) is 27.4 Å². The van der Waals surface area contributed by atoms with E-state index >= 15 is 0 Å². The fraction of sp³-hybridized carbons (Fsp3) is 0.222. The first-order valence-electron chi connectivity index (χ1n) is 8.29. The van der Waals surface area contributed by atoms with Gasteiger partial charge in [-0.3, -0.25) is 14.2 Å². The van der Waals surface area contributed by atoms with E-state index in [2.05, 4.69) is 15.5 Å². The third-order valence-electron chi connectivity index (χ3n) is 4.19. The number of hydrogen-bond acceptors (Lipinski definition) is 6. The van der Waals surface area contributed by atoms with Gasteiger partial charge in [0.25, 0.3) is 5.56 Å². The average molecular weight is 403 g/mol. The van der Waals surface area contributed by atoms with Crippen LogP contribution >= 0.6 is 23.4 Å². The summed E-state index contributed by atoms with van der Waals surface area (Å²) in [6.07, 6.45) is 1.71. The summed E-state index contributed by atoms with van der Waals surface area (Å²) in [6, 6.07) is 10.2. The number of rotatable bonds is 5. The molecule has 1 N–H and O–H groups in total. The van der Waals surface area contributed by atoms with Crippen LogP contribution in [0, 0.1) is 0 Å². The minimum absolute atomic E-state index is 0.132. The number of halogens is 1. The number of benzene rings is 1. The molecule has 0 fully saturated rings. The van der Waals surface area contributed by atoms with Crippen molar-refractivity contribution in [3.05, 3.63) is 63.7 Å². The fourth-order valence-corrected chi connectivity index (χ4v) is 4.11. The summed E-state index contributed by atoms with van der Waals surface area (Å²) in [6.45, 7) is 0.255. The van der Waals surface area contributed by atoms with Gasteiger partial charge in [0.15, 0.2) is 10.9 Å². The second kappa shape index (κ2) is 7.58. The molecule has 2 aromatic heterocycles. The van der Waals surface area contributed by atoms with E-state index in [4.69, 9.17) is 16.1 Å². The van der Waals surface area contributed by atoms with Crippen LogP contribution < -0.4 is 10.9 Å². The van der Waals surface area contributed by atoms with Gasteiger partial charge in [0.1, 0.15) is 5.69 Å². The molecular weight excluding hydrogens is 388 g/mol. The Bertz CT molecular complexity index is 1030. The zero-order valence-electron chi connectivity index (χ0n) is 14.1. The van der Waals surface area contributed by atoms with Crippen molar-refractivity contribution in [3.8, 4) is 11.3 Å². The maximum Gasteiger partial charge on any atom is 0.254 e. The van der Waals surface area contributed by atoms with Gasteiger partial charge < -0.3 is 9.84 Å². The molecule has 7 nitrogen and oxygen atoms in total. The zero-order valence-corrected chi connectivity index (χ0v) is 15.7. The molecule has 27 heavy (non-hydrogen) atoms. The molecule has 3 aromatic rings. The van der Waals surface area contributed by atoms with E-state index in [9.17, 15) is 9.59 Å². The molecule has 0 bridgehead atoms. The van der Waals surface area contributed by atoms with Gasteiger partial charge >= 0.3 is 0 Å². The molecule has 1 unspecified atom stereocenters. The Balaban J connectivity index is 1.36. The summed E-state index contributed by atoms with van der Waals surface area (Å²) in [7, 11) is 0. The first-order valence-corrected chi connectivity index (χ1v) is 9.65. The van der Waals surface area contributed by atoms with Crippen molar-refractivity contribution in [1.82, 2.24) is 20.0 Å². The Morgan fingerprint density at radius 1 is 1.33 bits per heavy atom. The molecule has 0 aliphatic carbocycles. The monoisotopic (exact) mass is 402 g/mol. The van der Waals surface area contributed by atoms with Crippen LogP contribution in [0.2, 0.25) is 5.02 Å². The smallest absolute Gasteiger partial charge is 0.254 e. The lowest BCUT2D eigenvalue weighted by molar-refractivity contribution is -0.121. The number of amides is 1. The SMILES string of the molecule is O=C(CC1CSc2nccc(=O)n21)NCc1cc(-c2ccc(Cl)cc2)on1. The number of aromatic nitrogens is 3. The largest absolute Gasteiger partial charge is 0.356 e. The normalized spacial score (nSPS) is 15.5. The summed E-state index contributed by atoms with van der Waals surface area (Å²) < 4.78 is 6.90. The number of fused-ring (bicyclic) bond motifs is 1. The molecule has 1 amide bonds. The van der Waals surface area contributed by atoms with Crippen molar-refractivity contribution >= 4 is 29.3 Å². The molecular formula is C18H15ClN4O3S. The second-order valence-electron chi connectivity index (χ2n) is 6.07. The second-order valence-corrected chi connectivity index (χ2v) is 7.49. The molecule has 4 rings (SSSR count). The molecule has 0 spiro atoms. The van der Waals surface area contributed by atoms with E-state index in [-0.39, 0.29) is 30.5 Å². The quantitative estimate of drug-likeness (QED) is 0.660. The predicted molar refractivity (Wildman–Crippen MR) is 102 cm³/mol. The van der Waals surface area contributed by atoms with Crippen molar-refractivity contribution < 1.29 is 9.32 Å². The summed E-state index contributed by atoms with van der Waals surface area (Å²) >= 11 is 7.36. The summed E-state index contributed by atoms with van der Waals surface area (Å²) in [5.74, 6) is 1.11. The highest BCUT2D eigenvalue weighted by molar-refractivity contribution is 7.99. The lowest BCUT2D eigenvalue weighted by Crippen LogP contribution is -2.30. The zero-order chi connectivity index (χ0) is 18.8. The molecule has 1 atom stereocenters. The highest BCUT2D eigenvalue weighted by Crippen LogP contribution is 2.31. The Morgan fingerprint density at radius 2 is 2.15 bits per heavy atom. The van der Waals surface area contributed by atoms with Crippen LogP contribution in [0.3, 0.4) is 0 Å². The van der Waals surface area contributed by atoms with Gasteiger partial charge in [-0.1, -0.05) is 28.5 Å². The lowest BCUT2D eigenvalue weighted by atomic mass is 10.1. The molecule has 1 aliphatic rings. The van der Waals surface area contributed by atoms with Crippen LogP contribution in [0.25, 0.3) is 11.3 Å². The van der Waals surface area contributed by atoms with Crippen molar-refractivity contribution in [2.45, 2.75) is 24.2 Å². The van der Waals surface area contributed by atoms with Crippen LogP contribution in [-0.4, -0.2) is 26.4 Å².